The predicted octanol–water partition coefficient (Wildman–Crippen LogP) is 3.61. The Morgan fingerprint density at radius 3 is 2.79 bits per heavy atom. The lowest BCUT2D eigenvalue weighted by Crippen LogP contribution is -2.42. The van der Waals surface area contributed by atoms with E-state index < -0.39 is 0 Å². The SMILES string of the molecule is CCN(C(=O)Cc1nc(CCl)cs1)C1CCCCC1. The molecule has 0 unspecified atom stereocenters. The number of hydrogen-bond acceptors (Lipinski definition) is 3. The Morgan fingerprint density at radius 1 is 1.47 bits per heavy atom. The van der Waals surface area contributed by atoms with Crippen molar-refractivity contribution in [2.24, 2.45) is 0 Å². The maximum absolute atomic E-state index is 12.4. The van der Waals surface area contributed by atoms with Crippen molar-refractivity contribution in [3.05, 3.63) is 16.1 Å². The van der Waals surface area contributed by atoms with Crippen LogP contribution in [0.25, 0.3) is 0 Å². The lowest BCUT2D eigenvalue weighted by Gasteiger charge is -2.33. The third kappa shape index (κ3) is 3.93. The van der Waals surface area contributed by atoms with E-state index >= 15 is 0 Å². The minimum Gasteiger partial charge on any atom is -0.340 e. The van der Waals surface area contributed by atoms with Crippen LogP contribution < -0.4 is 0 Å². The summed E-state index contributed by atoms with van der Waals surface area (Å²) in [7, 11) is 0. The molecule has 1 fully saturated rings. The summed E-state index contributed by atoms with van der Waals surface area (Å²) >= 11 is 7.27. The van der Waals surface area contributed by atoms with Crippen molar-refractivity contribution >= 4 is 28.8 Å². The monoisotopic (exact) mass is 300 g/mol. The highest BCUT2D eigenvalue weighted by Gasteiger charge is 2.24. The number of nitrogens with zero attached hydrogens (tertiary/aromatic N) is 2. The first-order chi connectivity index (χ1) is 9.24. The summed E-state index contributed by atoms with van der Waals surface area (Å²) in [5.41, 5.74) is 0.871. The highest BCUT2D eigenvalue weighted by atomic mass is 35.5. The van der Waals surface area contributed by atoms with E-state index in [2.05, 4.69) is 11.9 Å². The van der Waals surface area contributed by atoms with Gasteiger partial charge in [0.15, 0.2) is 0 Å². The zero-order valence-corrected chi connectivity index (χ0v) is 13.0. The molecular formula is C14H21ClN2OS. The summed E-state index contributed by atoms with van der Waals surface area (Å²) in [6.45, 7) is 2.87. The van der Waals surface area contributed by atoms with Gasteiger partial charge in [-0.2, -0.15) is 0 Å². The fourth-order valence-corrected chi connectivity index (χ4v) is 3.77. The number of aromatic nitrogens is 1. The van der Waals surface area contributed by atoms with E-state index in [0.29, 0.717) is 18.3 Å². The molecule has 0 saturated heterocycles. The number of halogens is 1. The maximum atomic E-state index is 12.4. The van der Waals surface area contributed by atoms with E-state index in [9.17, 15) is 4.79 Å². The highest BCUT2D eigenvalue weighted by Crippen LogP contribution is 2.23. The molecule has 0 bridgehead atoms. The molecule has 1 aromatic heterocycles. The van der Waals surface area contributed by atoms with Crippen LogP contribution in [0.3, 0.4) is 0 Å². The number of rotatable bonds is 5. The molecule has 1 aliphatic rings. The number of hydrogen-bond donors (Lipinski definition) is 0. The van der Waals surface area contributed by atoms with Crippen molar-refractivity contribution in [2.45, 2.75) is 57.4 Å². The molecule has 1 saturated carbocycles. The van der Waals surface area contributed by atoms with Crippen LogP contribution in [0, 0.1) is 0 Å². The number of likely N-dealkylation sites (N-methyl/N-ethyl adjacent to an activating group) is 1. The summed E-state index contributed by atoms with van der Waals surface area (Å²) in [6, 6.07) is 0.443. The standard InChI is InChI=1S/C14H21ClN2OS/c1-2-17(12-6-4-3-5-7-12)14(18)8-13-16-11(9-15)10-19-13/h10,12H,2-9H2,1H3. The molecule has 0 radical (unpaired) electrons. The zero-order chi connectivity index (χ0) is 13.7. The lowest BCUT2D eigenvalue weighted by molar-refractivity contribution is -0.133. The van der Waals surface area contributed by atoms with Gasteiger partial charge in [0, 0.05) is 18.0 Å². The fourth-order valence-electron chi connectivity index (χ4n) is 2.75. The summed E-state index contributed by atoms with van der Waals surface area (Å²) in [5, 5.41) is 2.82. The molecule has 106 valence electrons. The van der Waals surface area contributed by atoms with Gasteiger partial charge < -0.3 is 4.90 Å². The van der Waals surface area contributed by atoms with Gasteiger partial charge in [-0.1, -0.05) is 19.3 Å². The van der Waals surface area contributed by atoms with Gasteiger partial charge >= 0.3 is 0 Å². The molecule has 0 aliphatic heterocycles. The van der Waals surface area contributed by atoms with Crippen molar-refractivity contribution in [1.82, 2.24) is 9.88 Å². The average Bonchev–Trinajstić information content (AvgIpc) is 2.88. The van der Waals surface area contributed by atoms with Crippen LogP contribution in [-0.2, 0) is 17.1 Å². The first-order valence-corrected chi connectivity index (χ1v) is 8.44. The van der Waals surface area contributed by atoms with Crippen LogP contribution in [0.15, 0.2) is 5.38 Å². The Hall–Kier alpha value is -0.610. The van der Waals surface area contributed by atoms with E-state index in [1.54, 1.807) is 0 Å². The molecule has 1 aromatic rings. The third-order valence-electron chi connectivity index (χ3n) is 3.72. The normalized spacial score (nSPS) is 16.5. The Labute approximate surface area is 124 Å². The van der Waals surface area contributed by atoms with Crippen LogP contribution in [0.4, 0.5) is 0 Å². The Balaban J connectivity index is 1.95. The minimum atomic E-state index is 0.213. The van der Waals surface area contributed by atoms with Gasteiger partial charge in [-0.15, -0.1) is 22.9 Å². The minimum absolute atomic E-state index is 0.213. The molecule has 3 nitrogen and oxygen atoms in total. The molecule has 0 N–H and O–H groups in total. The number of amides is 1. The summed E-state index contributed by atoms with van der Waals surface area (Å²) in [5.74, 6) is 0.634. The van der Waals surface area contributed by atoms with Gasteiger partial charge in [0.2, 0.25) is 5.91 Å². The number of thiazole rings is 1. The van der Waals surface area contributed by atoms with Crippen LogP contribution in [0.5, 0.6) is 0 Å². The number of carbonyl (C=O) groups excluding carboxylic acids is 1. The Kier molecular flexibility index (Phi) is 5.64. The van der Waals surface area contributed by atoms with E-state index in [1.807, 2.05) is 10.3 Å². The van der Waals surface area contributed by atoms with Crippen molar-refractivity contribution in [3.63, 3.8) is 0 Å². The summed E-state index contributed by atoms with van der Waals surface area (Å²) < 4.78 is 0. The number of carbonyl (C=O) groups is 1. The van der Waals surface area contributed by atoms with Gasteiger partial charge in [0.1, 0.15) is 5.01 Å². The first kappa shape index (κ1) is 14.8. The van der Waals surface area contributed by atoms with Gasteiger partial charge in [-0.05, 0) is 19.8 Å². The second-order valence-corrected chi connectivity index (χ2v) is 6.22. The van der Waals surface area contributed by atoms with Crippen LogP contribution in [-0.4, -0.2) is 28.4 Å². The van der Waals surface area contributed by atoms with E-state index in [-0.39, 0.29) is 5.91 Å². The lowest BCUT2D eigenvalue weighted by atomic mass is 9.94. The van der Waals surface area contributed by atoms with E-state index in [0.717, 1.165) is 30.1 Å². The highest BCUT2D eigenvalue weighted by molar-refractivity contribution is 7.09. The first-order valence-electron chi connectivity index (χ1n) is 7.03. The van der Waals surface area contributed by atoms with Gasteiger partial charge in [0.05, 0.1) is 18.0 Å². The van der Waals surface area contributed by atoms with Gasteiger partial charge in [0.25, 0.3) is 0 Å². The van der Waals surface area contributed by atoms with Crippen LogP contribution in [0.1, 0.15) is 49.7 Å². The third-order valence-corrected chi connectivity index (χ3v) is 4.89. The predicted molar refractivity (Wildman–Crippen MR) is 79.6 cm³/mol. The Bertz CT molecular complexity index is 415. The molecule has 0 atom stereocenters. The molecule has 5 heteroatoms. The second-order valence-electron chi connectivity index (χ2n) is 5.01. The smallest absolute Gasteiger partial charge is 0.229 e. The molecule has 2 rings (SSSR count). The van der Waals surface area contributed by atoms with Crippen molar-refractivity contribution < 1.29 is 4.79 Å². The largest absolute Gasteiger partial charge is 0.340 e. The molecule has 1 amide bonds. The van der Waals surface area contributed by atoms with Gasteiger partial charge in [-0.25, -0.2) is 4.98 Å². The van der Waals surface area contributed by atoms with Crippen LogP contribution >= 0.6 is 22.9 Å². The second kappa shape index (κ2) is 7.25. The summed E-state index contributed by atoms with van der Waals surface area (Å²) in [4.78, 5) is 18.8. The topological polar surface area (TPSA) is 33.2 Å². The molecule has 0 spiro atoms. The van der Waals surface area contributed by atoms with E-state index in [1.165, 1.54) is 30.6 Å². The van der Waals surface area contributed by atoms with Crippen molar-refractivity contribution in [3.8, 4) is 0 Å². The Morgan fingerprint density at radius 2 is 2.21 bits per heavy atom. The summed E-state index contributed by atoms with van der Waals surface area (Å²) in [6.07, 6.45) is 6.55. The number of alkyl halides is 1. The van der Waals surface area contributed by atoms with Gasteiger partial charge in [-0.3, -0.25) is 4.79 Å². The van der Waals surface area contributed by atoms with Crippen LogP contribution in [0.2, 0.25) is 0 Å². The molecule has 0 aromatic carbocycles. The maximum Gasteiger partial charge on any atom is 0.229 e. The average molecular weight is 301 g/mol. The van der Waals surface area contributed by atoms with E-state index in [4.69, 9.17) is 11.6 Å². The van der Waals surface area contributed by atoms with Crippen molar-refractivity contribution in [1.29, 1.82) is 0 Å². The fraction of sp³-hybridized carbons (Fsp3) is 0.714. The molecular weight excluding hydrogens is 280 g/mol. The molecule has 19 heavy (non-hydrogen) atoms. The zero-order valence-electron chi connectivity index (χ0n) is 11.4. The molecule has 1 aliphatic carbocycles. The van der Waals surface area contributed by atoms with Crippen molar-refractivity contribution in [2.75, 3.05) is 6.54 Å². The quantitative estimate of drug-likeness (QED) is 0.778. The molecule has 1 heterocycles.